The summed E-state index contributed by atoms with van der Waals surface area (Å²) in [6, 6.07) is 4.16. The van der Waals surface area contributed by atoms with Crippen LogP contribution < -0.4 is 5.32 Å². The van der Waals surface area contributed by atoms with E-state index in [4.69, 9.17) is 11.6 Å². The van der Waals surface area contributed by atoms with E-state index in [1.54, 1.807) is 0 Å². The minimum Gasteiger partial charge on any atom is -0.305 e. The van der Waals surface area contributed by atoms with Crippen molar-refractivity contribution >= 4 is 11.6 Å². The van der Waals surface area contributed by atoms with Gasteiger partial charge in [-0.2, -0.15) is 0 Å². The van der Waals surface area contributed by atoms with Gasteiger partial charge in [0.15, 0.2) is 0 Å². The Bertz CT molecular complexity index is 317. The highest BCUT2D eigenvalue weighted by Gasteiger charge is 2.21. The van der Waals surface area contributed by atoms with Gasteiger partial charge in [0.2, 0.25) is 0 Å². The van der Waals surface area contributed by atoms with Crippen LogP contribution in [0.1, 0.15) is 52.1 Å². The van der Waals surface area contributed by atoms with Gasteiger partial charge in [-0.05, 0) is 38.3 Å². The molecule has 0 saturated heterocycles. The molecule has 0 bridgehead atoms. The lowest BCUT2D eigenvalue weighted by Crippen LogP contribution is -2.42. The van der Waals surface area contributed by atoms with E-state index in [-0.39, 0.29) is 5.54 Å². The van der Waals surface area contributed by atoms with Crippen LogP contribution in [0.2, 0.25) is 5.15 Å². The maximum absolute atomic E-state index is 5.77. The number of aromatic nitrogens is 1. The zero-order chi connectivity index (χ0) is 12.2. The van der Waals surface area contributed by atoms with Crippen molar-refractivity contribution in [3.05, 3.63) is 29.0 Å². The fourth-order valence-electron chi connectivity index (χ4n) is 1.70. The molecule has 1 aromatic rings. The third-order valence-corrected chi connectivity index (χ3v) is 3.60. The summed E-state index contributed by atoms with van der Waals surface area (Å²) in [5.74, 6) is 0. The summed E-state index contributed by atoms with van der Waals surface area (Å²) >= 11 is 5.77. The highest BCUT2D eigenvalue weighted by atomic mass is 35.5. The summed E-state index contributed by atoms with van der Waals surface area (Å²) in [5, 5.41) is 4.19. The van der Waals surface area contributed by atoms with E-state index in [0.29, 0.717) is 11.2 Å². The molecule has 0 amide bonds. The number of hydrogen-bond acceptors (Lipinski definition) is 2. The van der Waals surface area contributed by atoms with Crippen LogP contribution in [0.25, 0.3) is 0 Å². The minimum atomic E-state index is 0.194. The van der Waals surface area contributed by atoms with Gasteiger partial charge in [0, 0.05) is 17.8 Å². The molecule has 0 fully saturated rings. The molecule has 3 heteroatoms. The maximum atomic E-state index is 5.77. The van der Waals surface area contributed by atoms with Gasteiger partial charge in [0.25, 0.3) is 0 Å². The van der Waals surface area contributed by atoms with Crippen LogP contribution in [-0.4, -0.2) is 10.5 Å². The summed E-state index contributed by atoms with van der Waals surface area (Å²) in [5.41, 5.74) is 1.37. The second kappa shape index (κ2) is 5.65. The Morgan fingerprint density at radius 3 is 2.44 bits per heavy atom. The van der Waals surface area contributed by atoms with Crippen LogP contribution in [0.3, 0.4) is 0 Å². The number of pyridine rings is 1. The average molecular weight is 241 g/mol. The molecule has 1 unspecified atom stereocenters. The molecule has 0 spiro atoms. The number of nitrogens with one attached hydrogen (secondary N) is 1. The van der Waals surface area contributed by atoms with E-state index >= 15 is 0 Å². The highest BCUT2D eigenvalue weighted by Crippen LogP contribution is 2.21. The number of rotatable bonds is 5. The van der Waals surface area contributed by atoms with Crippen molar-refractivity contribution in [3.63, 3.8) is 0 Å². The molecule has 1 aromatic heterocycles. The average Bonchev–Trinajstić information content (AvgIpc) is 2.29. The van der Waals surface area contributed by atoms with Gasteiger partial charge < -0.3 is 5.32 Å². The zero-order valence-corrected chi connectivity index (χ0v) is 11.3. The standard InChI is InChI=1S/C13H21ClN2/c1-5-13(4,6-2)16-10(3)11-7-8-12(14)15-9-11/h7-10,16H,5-6H2,1-4H3. The van der Waals surface area contributed by atoms with E-state index < -0.39 is 0 Å². The molecule has 0 saturated carbocycles. The Labute approximate surface area is 103 Å². The molecule has 16 heavy (non-hydrogen) atoms. The van der Waals surface area contributed by atoms with E-state index in [1.165, 1.54) is 5.56 Å². The molecule has 2 nitrogen and oxygen atoms in total. The van der Waals surface area contributed by atoms with E-state index in [1.807, 2.05) is 18.3 Å². The molecule has 0 aromatic carbocycles. The van der Waals surface area contributed by atoms with Gasteiger partial charge in [-0.15, -0.1) is 0 Å². The molecule has 0 aliphatic heterocycles. The minimum absolute atomic E-state index is 0.194. The van der Waals surface area contributed by atoms with Gasteiger partial charge in [0.1, 0.15) is 5.15 Å². The SMILES string of the molecule is CCC(C)(CC)NC(C)c1ccc(Cl)nc1. The van der Waals surface area contributed by atoms with Gasteiger partial charge >= 0.3 is 0 Å². The Kier molecular flexibility index (Phi) is 4.75. The topological polar surface area (TPSA) is 24.9 Å². The van der Waals surface area contributed by atoms with E-state index in [2.05, 4.69) is 38.0 Å². The van der Waals surface area contributed by atoms with Crippen LogP contribution in [-0.2, 0) is 0 Å². The largest absolute Gasteiger partial charge is 0.305 e. The number of nitrogens with zero attached hydrogens (tertiary/aromatic N) is 1. The first-order valence-electron chi connectivity index (χ1n) is 5.90. The lowest BCUT2D eigenvalue weighted by molar-refractivity contribution is 0.299. The molecule has 90 valence electrons. The summed E-state index contributed by atoms with van der Waals surface area (Å²) < 4.78 is 0. The predicted molar refractivity (Wildman–Crippen MR) is 69.8 cm³/mol. The van der Waals surface area contributed by atoms with Crippen LogP contribution >= 0.6 is 11.6 Å². The Morgan fingerprint density at radius 2 is 2.00 bits per heavy atom. The normalized spacial score (nSPS) is 13.8. The summed E-state index contributed by atoms with van der Waals surface area (Å²) in [7, 11) is 0. The molecule has 0 radical (unpaired) electrons. The fraction of sp³-hybridized carbons (Fsp3) is 0.615. The van der Waals surface area contributed by atoms with E-state index in [0.717, 1.165) is 12.8 Å². The van der Waals surface area contributed by atoms with Gasteiger partial charge in [-0.3, -0.25) is 0 Å². The quantitative estimate of drug-likeness (QED) is 0.788. The van der Waals surface area contributed by atoms with Crippen molar-refractivity contribution in [2.75, 3.05) is 0 Å². The van der Waals surface area contributed by atoms with Crippen LogP contribution in [0.5, 0.6) is 0 Å². The summed E-state index contributed by atoms with van der Waals surface area (Å²) in [6.07, 6.45) is 4.08. The molecule has 1 atom stereocenters. The van der Waals surface area contributed by atoms with Gasteiger partial charge in [-0.25, -0.2) is 4.98 Å². The molecule has 0 aliphatic rings. The number of hydrogen-bond donors (Lipinski definition) is 1. The molecule has 1 N–H and O–H groups in total. The molecule has 0 aliphatic carbocycles. The van der Waals surface area contributed by atoms with Crippen LogP contribution in [0.15, 0.2) is 18.3 Å². The smallest absolute Gasteiger partial charge is 0.129 e. The first-order chi connectivity index (χ1) is 7.50. The molecular formula is C13H21ClN2. The van der Waals surface area contributed by atoms with Crippen molar-refractivity contribution in [1.29, 1.82) is 0 Å². The second-order valence-corrected chi connectivity index (χ2v) is 4.94. The monoisotopic (exact) mass is 240 g/mol. The Balaban J connectivity index is 2.71. The van der Waals surface area contributed by atoms with E-state index in [9.17, 15) is 0 Å². The summed E-state index contributed by atoms with van der Waals surface area (Å²) in [4.78, 5) is 4.11. The van der Waals surface area contributed by atoms with Crippen molar-refractivity contribution in [2.24, 2.45) is 0 Å². The Hall–Kier alpha value is -0.600. The zero-order valence-electron chi connectivity index (χ0n) is 10.5. The van der Waals surface area contributed by atoms with Crippen molar-refractivity contribution in [1.82, 2.24) is 10.3 Å². The predicted octanol–water partition coefficient (Wildman–Crippen LogP) is 3.96. The van der Waals surface area contributed by atoms with Crippen molar-refractivity contribution in [3.8, 4) is 0 Å². The lowest BCUT2D eigenvalue weighted by atomic mass is 9.93. The lowest BCUT2D eigenvalue weighted by Gasteiger charge is -2.32. The van der Waals surface area contributed by atoms with Crippen molar-refractivity contribution in [2.45, 2.75) is 52.1 Å². The molecule has 1 rings (SSSR count). The Morgan fingerprint density at radius 1 is 1.38 bits per heavy atom. The van der Waals surface area contributed by atoms with Crippen LogP contribution in [0, 0.1) is 0 Å². The first kappa shape index (κ1) is 13.5. The summed E-state index contributed by atoms with van der Waals surface area (Å²) in [6.45, 7) is 8.84. The third kappa shape index (κ3) is 3.46. The molecular weight excluding hydrogens is 220 g/mol. The second-order valence-electron chi connectivity index (χ2n) is 4.55. The van der Waals surface area contributed by atoms with Crippen molar-refractivity contribution < 1.29 is 0 Å². The van der Waals surface area contributed by atoms with Gasteiger partial charge in [-0.1, -0.05) is 31.5 Å². The first-order valence-corrected chi connectivity index (χ1v) is 6.27. The molecule has 1 heterocycles. The number of halogens is 1. The van der Waals surface area contributed by atoms with Crippen LogP contribution in [0.4, 0.5) is 0 Å². The highest BCUT2D eigenvalue weighted by molar-refractivity contribution is 6.29. The fourth-order valence-corrected chi connectivity index (χ4v) is 1.82. The van der Waals surface area contributed by atoms with Gasteiger partial charge in [0.05, 0.1) is 0 Å². The maximum Gasteiger partial charge on any atom is 0.129 e. The third-order valence-electron chi connectivity index (χ3n) is 3.38.